The van der Waals surface area contributed by atoms with E-state index in [0.29, 0.717) is 6.42 Å². The number of rotatable bonds is 2. The molecule has 0 aromatic carbocycles. The number of carbonyl (C=O) groups is 1. The lowest BCUT2D eigenvalue weighted by atomic mass is 10.0. The molecule has 2 atom stereocenters. The van der Waals surface area contributed by atoms with Crippen LogP contribution in [0.5, 0.6) is 0 Å². The Hall–Kier alpha value is -0.570. The number of aliphatic hydroxyl groups is 1. The minimum absolute atomic E-state index is 0.215. The third kappa shape index (κ3) is 1.99. The smallest absolute Gasteiger partial charge is 0.303 e. The van der Waals surface area contributed by atoms with E-state index in [9.17, 15) is 4.79 Å². The van der Waals surface area contributed by atoms with E-state index in [0.717, 1.165) is 12.8 Å². The van der Waals surface area contributed by atoms with Crippen LogP contribution < -0.4 is 0 Å². The molecule has 3 heteroatoms. The Balaban J connectivity index is 2.24. The Kier molecular flexibility index (Phi) is 2.27. The van der Waals surface area contributed by atoms with Crippen molar-refractivity contribution in [2.75, 3.05) is 0 Å². The summed E-state index contributed by atoms with van der Waals surface area (Å²) in [6.07, 6.45) is 2.29. The first-order chi connectivity index (χ1) is 4.68. The second kappa shape index (κ2) is 3.01. The molecule has 0 radical (unpaired) electrons. The zero-order chi connectivity index (χ0) is 7.56. The Morgan fingerprint density at radius 3 is 2.60 bits per heavy atom. The predicted octanol–water partition coefficient (Wildman–Crippen LogP) is 0.622. The van der Waals surface area contributed by atoms with Crippen molar-refractivity contribution in [2.45, 2.75) is 31.8 Å². The summed E-state index contributed by atoms with van der Waals surface area (Å²) in [5.41, 5.74) is 0. The Morgan fingerprint density at radius 1 is 1.50 bits per heavy atom. The number of hydrogen-bond acceptors (Lipinski definition) is 2. The van der Waals surface area contributed by atoms with Gasteiger partial charge in [-0.3, -0.25) is 4.79 Å². The minimum Gasteiger partial charge on any atom is -0.481 e. The van der Waals surface area contributed by atoms with Crippen molar-refractivity contribution < 1.29 is 15.0 Å². The second-order valence-corrected chi connectivity index (χ2v) is 2.93. The second-order valence-electron chi connectivity index (χ2n) is 2.93. The molecular weight excluding hydrogens is 132 g/mol. The molecule has 0 saturated heterocycles. The lowest BCUT2D eigenvalue weighted by Gasteiger charge is -2.02. The highest BCUT2D eigenvalue weighted by atomic mass is 16.4. The van der Waals surface area contributed by atoms with Crippen LogP contribution >= 0.6 is 0 Å². The molecule has 0 aliphatic heterocycles. The van der Waals surface area contributed by atoms with Crippen molar-refractivity contribution in [3.8, 4) is 0 Å². The van der Waals surface area contributed by atoms with Gasteiger partial charge in [0, 0.05) is 6.42 Å². The number of aliphatic carboxylic acids is 1. The number of carboxylic acid groups (broad SMARTS) is 1. The average Bonchev–Trinajstić information content (AvgIpc) is 2.13. The topological polar surface area (TPSA) is 57.5 Å². The fraction of sp³-hybridized carbons (Fsp3) is 0.857. The molecule has 58 valence electrons. The van der Waals surface area contributed by atoms with Crippen LogP contribution in [0.25, 0.3) is 0 Å². The standard InChI is InChI=1S/C7H12O3/c8-6-2-1-5(3-6)4-7(9)10/h5-6,8H,1-4H2,(H,9,10)/t5-,6+/m1/s1. The van der Waals surface area contributed by atoms with Crippen LogP contribution in [0.3, 0.4) is 0 Å². The van der Waals surface area contributed by atoms with E-state index in [1.165, 1.54) is 0 Å². The average molecular weight is 144 g/mol. The molecule has 3 nitrogen and oxygen atoms in total. The Morgan fingerprint density at radius 2 is 2.20 bits per heavy atom. The SMILES string of the molecule is O=C(O)C[C@@H]1CC[C@H](O)C1. The summed E-state index contributed by atoms with van der Waals surface area (Å²) < 4.78 is 0. The van der Waals surface area contributed by atoms with Gasteiger partial charge in [-0.25, -0.2) is 0 Å². The monoisotopic (exact) mass is 144 g/mol. The van der Waals surface area contributed by atoms with Crippen molar-refractivity contribution in [3.05, 3.63) is 0 Å². The van der Waals surface area contributed by atoms with E-state index in [-0.39, 0.29) is 18.4 Å². The van der Waals surface area contributed by atoms with Crippen molar-refractivity contribution in [3.63, 3.8) is 0 Å². The zero-order valence-electron chi connectivity index (χ0n) is 5.79. The molecular formula is C7H12O3. The molecule has 1 rings (SSSR count). The van der Waals surface area contributed by atoms with Crippen LogP contribution in [0.15, 0.2) is 0 Å². The summed E-state index contributed by atoms with van der Waals surface area (Å²) in [5, 5.41) is 17.4. The lowest BCUT2D eigenvalue weighted by Crippen LogP contribution is -2.05. The van der Waals surface area contributed by atoms with Crippen LogP contribution in [0.4, 0.5) is 0 Å². The third-order valence-electron chi connectivity index (χ3n) is 1.98. The van der Waals surface area contributed by atoms with E-state index >= 15 is 0 Å². The van der Waals surface area contributed by atoms with E-state index in [1.807, 2.05) is 0 Å². The summed E-state index contributed by atoms with van der Waals surface area (Å²) in [6, 6.07) is 0. The van der Waals surface area contributed by atoms with E-state index in [4.69, 9.17) is 10.2 Å². The summed E-state index contributed by atoms with van der Waals surface area (Å²) >= 11 is 0. The molecule has 0 amide bonds. The largest absolute Gasteiger partial charge is 0.481 e. The van der Waals surface area contributed by atoms with Gasteiger partial charge < -0.3 is 10.2 Å². The van der Waals surface area contributed by atoms with Crippen LogP contribution in [0.1, 0.15) is 25.7 Å². The lowest BCUT2D eigenvalue weighted by molar-refractivity contribution is -0.138. The van der Waals surface area contributed by atoms with Gasteiger partial charge in [0.05, 0.1) is 6.10 Å². The van der Waals surface area contributed by atoms with Gasteiger partial charge in [-0.2, -0.15) is 0 Å². The Bertz CT molecular complexity index is 133. The number of hydrogen-bond donors (Lipinski definition) is 2. The molecule has 0 heterocycles. The Labute approximate surface area is 59.7 Å². The molecule has 1 saturated carbocycles. The van der Waals surface area contributed by atoms with Crippen molar-refractivity contribution in [1.82, 2.24) is 0 Å². The fourth-order valence-electron chi connectivity index (χ4n) is 1.48. The molecule has 1 aliphatic rings. The van der Waals surface area contributed by atoms with E-state index in [1.54, 1.807) is 0 Å². The number of carboxylic acids is 1. The first kappa shape index (κ1) is 7.54. The van der Waals surface area contributed by atoms with Crippen LogP contribution in [-0.2, 0) is 4.79 Å². The van der Waals surface area contributed by atoms with Crippen molar-refractivity contribution in [2.24, 2.45) is 5.92 Å². The molecule has 0 bridgehead atoms. The fourth-order valence-corrected chi connectivity index (χ4v) is 1.48. The molecule has 0 spiro atoms. The van der Waals surface area contributed by atoms with Crippen molar-refractivity contribution in [1.29, 1.82) is 0 Å². The molecule has 0 unspecified atom stereocenters. The van der Waals surface area contributed by atoms with Gasteiger partial charge in [-0.05, 0) is 25.2 Å². The van der Waals surface area contributed by atoms with Gasteiger partial charge in [0.25, 0.3) is 0 Å². The van der Waals surface area contributed by atoms with Crippen LogP contribution in [-0.4, -0.2) is 22.3 Å². The number of aliphatic hydroxyl groups excluding tert-OH is 1. The summed E-state index contributed by atoms with van der Waals surface area (Å²) in [6.45, 7) is 0. The molecule has 10 heavy (non-hydrogen) atoms. The maximum atomic E-state index is 10.2. The van der Waals surface area contributed by atoms with E-state index < -0.39 is 5.97 Å². The summed E-state index contributed by atoms with van der Waals surface area (Å²) in [5.74, 6) is -0.536. The highest BCUT2D eigenvalue weighted by molar-refractivity contribution is 5.67. The molecule has 0 aromatic rings. The highest BCUT2D eigenvalue weighted by Crippen LogP contribution is 2.27. The van der Waals surface area contributed by atoms with Crippen LogP contribution in [0.2, 0.25) is 0 Å². The van der Waals surface area contributed by atoms with Gasteiger partial charge in [0.2, 0.25) is 0 Å². The van der Waals surface area contributed by atoms with E-state index in [2.05, 4.69) is 0 Å². The molecule has 1 fully saturated rings. The van der Waals surface area contributed by atoms with Crippen molar-refractivity contribution >= 4 is 5.97 Å². The predicted molar refractivity (Wildman–Crippen MR) is 35.6 cm³/mol. The molecule has 1 aliphatic carbocycles. The quantitative estimate of drug-likeness (QED) is 0.597. The van der Waals surface area contributed by atoms with Gasteiger partial charge >= 0.3 is 5.97 Å². The minimum atomic E-state index is -0.751. The van der Waals surface area contributed by atoms with Crippen LogP contribution in [0, 0.1) is 5.92 Å². The van der Waals surface area contributed by atoms with Gasteiger partial charge in [-0.1, -0.05) is 0 Å². The maximum Gasteiger partial charge on any atom is 0.303 e. The van der Waals surface area contributed by atoms with Gasteiger partial charge in [0.1, 0.15) is 0 Å². The molecule has 2 N–H and O–H groups in total. The normalized spacial score (nSPS) is 32.5. The first-order valence-corrected chi connectivity index (χ1v) is 3.58. The zero-order valence-corrected chi connectivity index (χ0v) is 5.79. The third-order valence-corrected chi connectivity index (χ3v) is 1.98. The van der Waals surface area contributed by atoms with Gasteiger partial charge in [-0.15, -0.1) is 0 Å². The summed E-state index contributed by atoms with van der Waals surface area (Å²) in [7, 11) is 0. The summed E-state index contributed by atoms with van der Waals surface area (Å²) in [4.78, 5) is 10.2. The highest BCUT2D eigenvalue weighted by Gasteiger charge is 2.24. The van der Waals surface area contributed by atoms with Gasteiger partial charge in [0.15, 0.2) is 0 Å². The first-order valence-electron chi connectivity index (χ1n) is 3.58. The maximum absolute atomic E-state index is 10.2. The molecule has 0 aromatic heterocycles.